The number of thiazole rings is 1. The molecule has 0 saturated carbocycles. The van der Waals surface area contributed by atoms with Crippen molar-refractivity contribution in [1.29, 1.82) is 0 Å². The number of rotatable bonds is 3. The second-order valence-corrected chi connectivity index (χ2v) is 5.45. The molecule has 0 bridgehead atoms. The summed E-state index contributed by atoms with van der Waals surface area (Å²) in [6, 6.07) is 4.13. The lowest BCUT2D eigenvalue weighted by Crippen LogP contribution is -1.89. The minimum atomic E-state index is 0.113. The number of thiophene rings is 1. The van der Waals surface area contributed by atoms with Gasteiger partial charge in [-0.15, -0.1) is 22.7 Å². The summed E-state index contributed by atoms with van der Waals surface area (Å²) in [5.74, 6) is 0.113. The number of carbonyl (C=O) groups excluding carboxylic acids is 1. The number of aromatic nitrogens is 1. The quantitative estimate of drug-likeness (QED) is 0.767. The van der Waals surface area contributed by atoms with E-state index in [0.717, 1.165) is 22.0 Å². The zero-order chi connectivity index (χ0) is 10.8. The number of hydrogen-bond acceptors (Lipinski definition) is 4. The van der Waals surface area contributed by atoms with Crippen LogP contribution in [0.3, 0.4) is 0 Å². The zero-order valence-electron chi connectivity index (χ0n) is 8.61. The Hall–Kier alpha value is -1.00. The number of Topliss-reactive ketones (excluding diaryl/α,β-unsaturated/α-hetero) is 1. The molecule has 4 heteroatoms. The summed E-state index contributed by atoms with van der Waals surface area (Å²) in [6.45, 7) is 3.49. The summed E-state index contributed by atoms with van der Waals surface area (Å²) in [6.07, 6.45) is 0.844. The van der Waals surface area contributed by atoms with Crippen LogP contribution in [0.25, 0.3) is 0 Å². The molecular weight excluding hydrogens is 226 g/mol. The van der Waals surface area contributed by atoms with Crippen molar-refractivity contribution in [2.45, 2.75) is 20.3 Å². The van der Waals surface area contributed by atoms with Crippen molar-refractivity contribution in [3.63, 3.8) is 0 Å². The molecule has 78 valence electrons. The fraction of sp³-hybridized carbons (Fsp3) is 0.273. The molecule has 0 atom stereocenters. The predicted molar refractivity (Wildman–Crippen MR) is 64.0 cm³/mol. The first-order chi connectivity index (χ1) is 7.16. The molecule has 0 saturated heterocycles. The molecule has 2 nitrogen and oxygen atoms in total. The number of nitrogens with zero attached hydrogens (tertiary/aromatic N) is 1. The van der Waals surface area contributed by atoms with Crippen molar-refractivity contribution in [3.05, 3.63) is 38.0 Å². The van der Waals surface area contributed by atoms with Gasteiger partial charge in [0, 0.05) is 18.2 Å². The van der Waals surface area contributed by atoms with Crippen LogP contribution in [-0.2, 0) is 6.42 Å². The smallest absolute Gasteiger partial charge is 0.171 e. The number of carbonyl (C=O) groups is 1. The van der Waals surface area contributed by atoms with Gasteiger partial charge in [0.15, 0.2) is 5.78 Å². The van der Waals surface area contributed by atoms with E-state index in [1.807, 2.05) is 13.0 Å². The SMILES string of the molecule is CC(=O)c1sc(Cc2cccs2)nc1C. The molecule has 0 spiro atoms. The van der Waals surface area contributed by atoms with Crippen LogP contribution in [0.5, 0.6) is 0 Å². The minimum Gasteiger partial charge on any atom is -0.294 e. The first kappa shape index (κ1) is 10.5. The summed E-state index contributed by atoms with van der Waals surface area (Å²) in [5.41, 5.74) is 0.860. The van der Waals surface area contributed by atoms with Crippen LogP contribution in [-0.4, -0.2) is 10.8 Å². The van der Waals surface area contributed by atoms with E-state index in [9.17, 15) is 4.79 Å². The first-order valence-corrected chi connectivity index (χ1v) is 6.36. The van der Waals surface area contributed by atoms with Gasteiger partial charge in [-0.1, -0.05) is 6.07 Å². The average molecular weight is 237 g/mol. The van der Waals surface area contributed by atoms with E-state index in [2.05, 4.69) is 16.4 Å². The highest BCUT2D eigenvalue weighted by Gasteiger charge is 2.11. The third-order valence-corrected chi connectivity index (χ3v) is 4.20. The third kappa shape index (κ3) is 2.33. The van der Waals surface area contributed by atoms with Gasteiger partial charge in [0.05, 0.1) is 15.6 Å². The fourth-order valence-electron chi connectivity index (χ4n) is 1.42. The zero-order valence-corrected chi connectivity index (χ0v) is 10.2. The van der Waals surface area contributed by atoms with Crippen molar-refractivity contribution in [1.82, 2.24) is 4.98 Å². The average Bonchev–Trinajstić information content (AvgIpc) is 2.75. The van der Waals surface area contributed by atoms with Crippen LogP contribution < -0.4 is 0 Å². The molecule has 0 N–H and O–H groups in total. The normalized spacial score (nSPS) is 10.5. The van der Waals surface area contributed by atoms with Crippen molar-refractivity contribution < 1.29 is 4.79 Å². The lowest BCUT2D eigenvalue weighted by Gasteiger charge is -1.89. The topological polar surface area (TPSA) is 30.0 Å². The van der Waals surface area contributed by atoms with Crippen LogP contribution in [0.2, 0.25) is 0 Å². The molecule has 0 amide bonds. The minimum absolute atomic E-state index is 0.113. The second-order valence-electron chi connectivity index (χ2n) is 3.33. The van der Waals surface area contributed by atoms with E-state index in [0.29, 0.717) is 0 Å². The van der Waals surface area contributed by atoms with Crippen LogP contribution >= 0.6 is 22.7 Å². The Kier molecular flexibility index (Phi) is 2.98. The number of aryl methyl sites for hydroxylation is 1. The molecule has 0 radical (unpaired) electrons. The second kappa shape index (κ2) is 4.24. The standard InChI is InChI=1S/C11H11NOS2/c1-7-11(8(2)13)15-10(12-7)6-9-4-3-5-14-9/h3-5H,6H2,1-2H3. The van der Waals surface area contributed by atoms with E-state index in [-0.39, 0.29) is 5.78 Å². The van der Waals surface area contributed by atoms with E-state index in [1.165, 1.54) is 16.2 Å². The Labute approximate surface area is 96.6 Å². The maximum Gasteiger partial charge on any atom is 0.171 e. The lowest BCUT2D eigenvalue weighted by molar-refractivity contribution is 0.102. The Bertz CT molecular complexity index is 471. The van der Waals surface area contributed by atoms with Gasteiger partial charge in [-0.25, -0.2) is 4.98 Å². The highest BCUT2D eigenvalue weighted by atomic mass is 32.1. The molecule has 2 aromatic heterocycles. The van der Waals surface area contributed by atoms with Gasteiger partial charge >= 0.3 is 0 Å². The van der Waals surface area contributed by atoms with Gasteiger partial charge in [0.1, 0.15) is 0 Å². The van der Waals surface area contributed by atoms with Crippen LogP contribution in [0.4, 0.5) is 0 Å². The molecule has 0 unspecified atom stereocenters. The van der Waals surface area contributed by atoms with Gasteiger partial charge in [-0.05, 0) is 18.4 Å². The Morgan fingerprint density at radius 1 is 1.53 bits per heavy atom. The summed E-state index contributed by atoms with van der Waals surface area (Å²) in [4.78, 5) is 17.7. The summed E-state index contributed by atoms with van der Waals surface area (Å²) >= 11 is 3.23. The Morgan fingerprint density at radius 3 is 2.87 bits per heavy atom. The van der Waals surface area contributed by atoms with Crippen molar-refractivity contribution in [3.8, 4) is 0 Å². The maximum absolute atomic E-state index is 11.3. The van der Waals surface area contributed by atoms with E-state index in [4.69, 9.17) is 0 Å². The molecule has 2 heterocycles. The Morgan fingerprint density at radius 2 is 2.33 bits per heavy atom. The van der Waals surface area contributed by atoms with Crippen molar-refractivity contribution in [2.24, 2.45) is 0 Å². The Balaban J connectivity index is 2.23. The molecule has 0 aliphatic heterocycles. The van der Waals surface area contributed by atoms with Gasteiger partial charge in [-0.3, -0.25) is 4.79 Å². The largest absolute Gasteiger partial charge is 0.294 e. The lowest BCUT2D eigenvalue weighted by atomic mass is 10.3. The van der Waals surface area contributed by atoms with E-state index in [1.54, 1.807) is 18.3 Å². The van der Waals surface area contributed by atoms with Crippen molar-refractivity contribution >= 4 is 28.5 Å². The maximum atomic E-state index is 11.3. The third-order valence-electron chi connectivity index (χ3n) is 2.07. The van der Waals surface area contributed by atoms with Gasteiger partial charge < -0.3 is 0 Å². The van der Waals surface area contributed by atoms with Crippen molar-refractivity contribution in [2.75, 3.05) is 0 Å². The van der Waals surface area contributed by atoms with Crippen LogP contribution in [0, 0.1) is 6.92 Å². The summed E-state index contributed by atoms with van der Waals surface area (Å²) in [5, 5.41) is 3.09. The van der Waals surface area contributed by atoms with Gasteiger partial charge in [-0.2, -0.15) is 0 Å². The molecule has 0 aliphatic carbocycles. The number of ketones is 1. The summed E-state index contributed by atoms with van der Waals surface area (Å²) in [7, 11) is 0. The molecule has 0 aromatic carbocycles. The molecule has 2 aromatic rings. The molecule has 0 fully saturated rings. The van der Waals surface area contributed by atoms with Gasteiger partial charge in [0.2, 0.25) is 0 Å². The monoisotopic (exact) mass is 237 g/mol. The first-order valence-electron chi connectivity index (χ1n) is 4.66. The van der Waals surface area contributed by atoms with Crippen LogP contribution in [0.1, 0.15) is 32.2 Å². The number of hydrogen-bond donors (Lipinski definition) is 0. The van der Waals surface area contributed by atoms with Crippen LogP contribution in [0.15, 0.2) is 17.5 Å². The predicted octanol–water partition coefficient (Wildman–Crippen LogP) is 3.31. The molecular formula is C11H11NOS2. The molecule has 0 aliphatic rings. The van der Waals surface area contributed by atoms with E-state index >= 15 is 0 Å². The van der Waals surface area contributed by atoms with Gasteiger partial charge in [0.25, 0.3) is 0 Å². The fourth-order valence-corrected chi connectivity index (χ4v) is 3.20. The highest BCUT2D eigenvalue weighted by molar-refractivity contribution is 7.14. The highest BCUT2D eigenvalue weighted by Crippen LogP contribution is 2.22. The van der Waals surface area contributed by atoms with E-state index < -0.39 is 0 Å². The summed E-state index contributed by atoms with van der Waals surface area (Å²) < 4.78 is 0. The molecule has 15 heavy (non-hydrogen) atoms. The molecule has 2 rings (SSSR count).